The van der Waals surface area contributed by atoms with E-state index in [-0.39, 0.29) is 5.91 Å². The summed E-state index contributed by atoms with van der Waals surface area (Å²) >= 11 is 0. The fourth-order valence-corrected chi connectivity index (χ4v) is 3.08. The summed E-state index contributed by atoms with van der Waals surface area (Å²) < 4.78 is 6.03. The first-order chi connectivity index (χ1) is 14.6. The number of rotatable bonds is 9. The molecular formula is C25H27N3O2. The topological polar surface area (TPSA) is 63.0 Å². The molecule has 3 aromatic carbocycles. The van der Waals surface area contributed by atoms with E-state index in [4.69, 9.17) is 4.74 Å². The van der Waals surface area contributed by atoms with Gasteiger partial charge in [-0.2, -0.15) is 5.11 Å². The van der Waals surface area contributed by atoms with Crippen molar-refractivity contribution in [3.63, 3.8) is 0 Å². The van der Waals surface area contributed by atoms with Crippen molar-refractivity contribution in [3.8, 4) is 5.75 Å². The van der Waals surface area contributed by atoms with Crippen molar-refractivity contribution in [1.82, 2.24) is 5.32 Å². The van der Waals surface area contributed by atoms with Crippen molar-refractivity contribution in [2.24, 2.45) is 10.2 Å². The van der Waals surface area contributed by atoms with Gasteiger partial charge in [-0.25, -0.2) is 0 Å². The summed E-state index contributed by atoms with van der Waals surface area (Å²) in [6.07, 6.45) is 2.92. The van der Waals surface area contributed by atoms with Gasteiger partial charge in [0.05, 0.1) is 12.3 Å². The second kappa shape index (κ2) is 10.3. The Morgan fingerprint density at radius 2 is 1.90 bits per heavy atom. The minimum absolute atomic E-state index is 0.153. The molecule has 0 aliphatic carbocycles. The Hall–Kier alpha value is -3.47. The van der Waals surface area contributed by atoms with Crippen molar-refractivity contribution >= 4 is 28.1 Å². The monoisotopic (exact) mass is 401 g/mol. The van der Waals surface area contributed by atoms with Crippen molar-refractivity contribution < 1.29 is 9.53 Å². The number of aryl methyl sites for hydroxylation is 2. The maximum absolute atomic E-state index is 11.2. The molecule has 0 fully saturated rings. The highest BCUT2D eigenvalue weighted by Crippen LogP contribution is 2.37. The SMILES string of the molecule is C=CC(=O)NCCCCOc1ccc2ccccc2c1N=Nc1cc(C)ccc1C. The van der Waals surface area contributed by atoms with Gasteiger partial charge in [0.15, 0.2) is 0 Å². The van der Waals surface area contributed by atoms with Crippen LogP contribution in [0.4, 0.5) is 11.4 Å². The highest BCUT2D eigenvalue weighted by Gasteiger charge is 2.09. The molecule has 0 saturated carbocycles. The van der Waals surface area contributed by atoms with Crippen LogP contribution in [0, 0.1) is 13.8 Å². The fourth-order valence-electron chi connectivity index (χ4n) is 3.08. The van der Waals surface area contributed by atoms with E-state index in [9.17, 15) is 4.79 Å². The van der Waals surface area contributed by atoms with Crippen molar-refractivity contribution in [2.75, 3.05) is 13.2 Å². The van der Waals surface area contributed by atoms with E-state index in [2.05, 4.69) is 40.3 Å². The average molecular weight is 402 g/mol. The van der Waals surface area contributed by atoms with Crippen LogP contribution in [0.15, 0.2) is 77.5 Å². The number of benzene rings is 3. The van der Waals surface area contributed by atoms with E-state index >= 15 is 0 Å². The van der Waals surface area contributed by atoms with Gasteiger partial charge in [0.2, 0.25) is 5.91 Å². The Kier molecular flexibility index (Phi) is 7.33. The summed E-state index contributed by atoms with van der Waals surface area (Å²) in [7, 11) is 0. The first-order valence-electron chi connectivity index (χ1n) is 10.1. The lowest BCUT2D eigenvalue weighted by atomic mass is 10.1. The minimum atomic E-state index is -0.153. The smallest absolute Gasteiger partial charge is 0.243 e. The van der Waals surface area contributed by atoms with Gasteiger partial charge in [0.1, 0.15) is 11.4 Å². The third-order valence-corrected chi connectivity index (χ3v) is 4.80. The summed E-state index contributed by atoms with van der Waals surface area (Å²) in [6.45, 7) is 8.65. The molecule has 1 N–H and O–H groups in total. The Morgan fingerprint density at radius 1 is 1.07 bits per heavy atom. The fraction of sp³-hybridized carbons (Fsp3) is 0.240. The maximum Gasteiger partial charge on any atom is 0.243 e. The molecule has 5 nitrogen and oxygen atoms in total. The number of hydrogen-bond donors (Lipinski definition) is 1. The zero-order valence-corrected chi connectivity index (χ0v) is 17.5. The molecule has 30 heavy (non-hydrogen) atoms. The molecule has 0 radical (unpaired) electrons. The number of amides is 1. The van der Waals surface area contributed by atoms with Gasteiger partial charge in [-0.3, -0.25) is 4.79 Å². The van der Waals surface area contributed by atoms with E-state index in [0.29, 0.717) is 18.9 Å². The maximum atomic E-state index is 11.2. The largest absolute Gasteiger partial charge is 0.491 e. The predicted octanol–water partition coefficient (Wildman–Crippen LogP) is 6.33. The summed E-state index contributed by atoms with van der Waals surface area (Å²) in [5.41, 5.74) is 3.81. The molecule has 0 aliphatic rings. The number of fused-ring (bicyclic) bond motifs is 1. The third-order valence-electron chi connectivity index (χ3n) is 4.80. The van der Waals surface area contributed by atoms with Gasteiger partial charge in [0, 0.05) is 11.9 Å². The minimum Gasteiger partial charge on any atom is -0.491 e. The zero-order valence-electron chi connectivity index (χ0n) is 17.5. The van der Waals surface area contributed by atoms with Crippen LogP contribution in [0.1, 0.15) is 24.0 Å². The summed E-state index contributed by atoms with van der Waals surface area (Å²) in [5, 5.41) is 14.0. The average Bonchev–Trinajstić information content (AvgIpc) is 2.76. The Bertz CT molecular complexity index is 1070. The highest BCUT2D eigenvalue weighted by atomic mass is 16.5. The van der Waals surface area contributed by atoms with Gasteiger partial charge >= 0.3 is 0 Å². The van der Waals surface area contributed by atoms with Crippen LogP contribution >= 0.6 is 0 Å². The van der Waals surface area contributed by atoms with Crippen LogP contribution in [0.3, 0.4) is 0 Å². The third kappa shape index (κ3) is 5.54. The second-order valence-electron chi connectivity index (χ2n) is 7.17. The first-order valence-corrected chi connectivity index (χ1v) is 10.1. The Morgan fingerprint density at radius 3 is 2.73 bits per heavy atom. The molecule has 0 spiro atoms. The van der Waals surface area contributed by atoms with Crippen LogP contribution in [0.25, 0.3) is 10.8 Å². The van der Waals surface area contributed by atoms with Gasteiger partial charge in [0.25, 0.3) is 0 Å². The first kappa shape index (κ1) is 21.2. The lowest BCUT2D eigenvalue weighted by molar-refractivity contribution is -0.116. The normalized spacial score (nSPS) is 11.0. The molecular weight excluding hydrogens is 374 g/mol. The number of carbonyl (C=O) groups is 1. The van der Waals surface area contributed by atoms with Crippen LogP contribution in [0.2, 0.25) is 0 Å². The number of azo groups is 1. The molecule has 1 amide bonds. The molecule has 0 saturated heterocycles. The number of carbonyl (C=O) groups excluding carboxylic acids is 1. The van der Waals surface area contributed by atoms with Crippen LogP contribution in [0.5, 0.6) is 5.75 Å². The number of ether oxygens (including phenoxy) is 1. The molecule has 0 unspecified atom stereocenters. The number of hydrogen-bond acceptors (Lipinski definition) is 4. The van der Waals surface area contributed by atoms with Crippen molar-refractivity contribution in [2.45, 2.75) is 26.7 Å². The standard InChI is InChI=1S/C25H27N3O2/c1-4-24(29)26-15-7-8-16-30-23-14-13-20-9-5-6-10-21(20)25(23)28-27-22-17-18(2)11-12-19(22)3/h4-6,9-14,17H,1,7-8,15-16H2,2-3H3,(H,26,29). The van der Waals surface area contributed by atoms with E-state index in [1.807, 2.05) is 50.2 Å². The quantitative estimate of drug-likeness (QED) is 0.258. The molecule has 0 bridgehead atoms. The molecule has 0 aliphatic heterocycles. The van der Waals surface area contributed by atoms with Crippen LogP contribution in [-0.2, 0) is 4.79 Å². The number of nitrogens with one attached hydrogen (secondary N) is 1. The predicted molar refractivity (Wildman–Crippen MR) is 122 cm³/mol. The van der Waals surface area contributed by atoms with Gasteiger partial charge in [-0.15, -0.1) is 5.11 Å². The van der Waals surface area contributed by atoms with Gasteiger partial charge < -0.3 is 10.1 Å². The van der Waals surface area contributed by atoms with Gasteiger partial charge in [-0.05, 0) is 61.4 Å². The van der Waals surface area contributed by atoms with Crippen molar-refractivity contribution in [3.05, 3.63) is 78.4 Å². The van der Waals surface area contributed by atoms with Crippen LogP contribution in [-0.4, -0.2) is 19.1 Å². The lowest BCUT2D eigenvalue weighted by Gasteiger charge is -2.11. The second-order valence-corrected chi connectivity index (χ2v) is 7.17. The Labute approximate surface area is 177 Å². The van der Waals surface area contributed by atoms with Gasteiger partial charge in [-0.1, -0.05) is 49.0 Å². The molecule has 154 valence electrons. The molecule has 0 heterocycles. The van der Waals surface area contributed by atoms with Crippen molar-refractivity contribution in [1.29, 1.82) is 0 Å². The lowest BCUT2D eigenvalue weighted by Crippen LogP contribution is -2.22. The summed E-state index contributed by atoms with van der Waals surface area (Å²) in [4.78, 5) is 11.2. The van der Waals surface area contributed by atoms with E-state index in [1.165, 1.54) is 6.08 Å². The molecule has 3 rings (SSSR count). The summed E-state index contributed by atoms with van der Waals surface area (Å²) in [6, 6.07) is 18.2. The molecule has 3 aromatic rings. The Balaban J connectivity index is 1.77. The molecule has 0 atom stereocenters. The molecule has 5 heteroatoms. The zero-order chi connectivity index (χ0) is 21.3. The van der Waals surface area contributed by atoms with Crippen LogP contribution < -0.4 is 10.1 Å². The summed E-state index contributed by atoms with van der Waals surface area (Å²) in [5.74, 6) is 0.553. The van der Waals surface area contributed by atoms with E-state index in [0.717, 1.165) is 46.1 Å². The highest BCUT2D eigenvalue weighted by molar-refractivity contribution is 5.95. The number of nitrogens with zero attached hydrogens (tertiary/aromatic N) is 2. The van der Waals surface area contributed by atoms with E-state index < -0.39 is 0 Å². The number of unbranched alkanes of at least 4 members (excludes halogenated alkanes) is 1. The van der Waals surface area contributed by atoms with E-state index in [1.54, 1.807) is 0 Å². The molecule has 0 aromatic heterocycles.